The zero-order valence-electron chi connectivity index (χ0n) is 83.3. The number of hydrogen-bond acceptors (Lipinski definition) is 1. The van der Waals surface area contributed by atoms with Crippen molar-refractivity contribution in [2.24, 2.45) is 0 Å². The molecule has 0 spiro atoms. The zero-order chi connectivity index (χ0) is 98.5. The van der Waals surface area contributed by atoms with Crippen LogP contribution in [0.1, 0.15) is 74.9 Å². The Balaban J connectivity index is 0.000000105. The minimum absolute atomic E-state index is 0.0700. The van der Waals surface area contributed by atoms with Gasteiger partial charge in [0.2, 0.25) is 0 Å². The Morgan fingerprint density at radius 2 is 0.385 bits per heavy atom. The molecule has 28 aromatic rings. The quantitative estimate of drug-likeness (QED) is 0.109. The molecule has 0 saturated heterocycles. The van der Waals surface area contributed by atoms with E-state index in [-0.39, 0.29) is 16.2 Å². The predicted molar refractivity (Wildman–Crippen MR) is 633 cm³/mol. The van der Waals surface area contributed by atoms with Crippen molar-refractivity contribution in [1.29, 1.82) is 0 Å². The van der Waals surface area contributed by atoms with E-state index in [1.165, 1.54) is 285 Å². The van der Waals surface area contributed by atoms with Gasteiger partial charge in [0.25, 0.3) is 0 Å². The monoisotopic (exact) mass is 1880 g/mol. The zero-order valence-corrected chi connectivity index (χ0v) is 83.3. The molecule has 0 aliphatic heterocycles. The van der Waals surface area contributed by atoms with E-state index in [1.54, 1.807) is 0 Å². The van der Waals surface area contributed by atoms with Gasteiger partial charge in [0.1, 0.15) is 11.2 Å². The van der Waals surface area contributed by atoms with Gasteiger partial charge in [-0.2, -0.15) is 0 Å². The minimum Gasteiger partial charge on any atom is -0.456 e. The lowest BCUT2D eigenvalue weighted by Gasteiger charge is -2.23. The molecule has 27 aromatic carbocycles. The van der Waals surface area contributed by atoms with E-state index in [1.807, 2.05) is 12.1 Å². The number of rotatable bonds is 8. The van der Waals surface area contributed by atoms with Crippen LogP contribution in [0.25, 0.3) is 274 Å². The van der Waals surface area contributed by atoms with Gasteiger partial charge in [-0.25, -0.2) is 0 Å². The lowest BCUT2D eigenvalue weighted by molar-refractivity contribution is 0.666. The van der Waals surface area contributed by atoms with Crippen molar-refractivity contribution in [2.75, 3.05) is 0 Å². The lowest BCUT2D eigenvalue weighted by Crippen LogP contribution is -2.15. The Morgan fingerprint density at radius 3 is 0.791 bits per heavy atom. The van der Waals surface area contributed by atoms with Crippen LogP contribution in [0.4, 0.5) is 0 Å². The molecule has 0 unspecified atom stereocenters. The summed E-state index contributed by atoms with van der Waals surface area (Å²) < 4.78 is 6.21. The molecule has 1 nitrogen and oxygen atoms in total. The summed E-state index contributed by atoms with van der Waals surface area (Å²) in [6.07, 6.45) is 0. The number of fused-ring (bicyclic) bond motifs is 28. The highest BCUT2D eigenvalue weighted by molar-refractivity contribution is 6.27. The van der Waals surface area contributed by atoms with Crippen molar-refractivity contribution in [1.82, 2.24) is 0 Å². The van der Waals surface area contributed by atoms with Crippen LogP contribution in [0, 0.1) is 0 Å². The summed E-state index contributed by atoms with van der Waals surface area (Å²) in [5.74, 6) is 0. The molecular formula is C147H100O. The highest BCUT2D eigenvalue weighted by atomic mass is 16.3. The topological polar surface area (TPSA) is 13.1 Å². The first-order chi connectivity index (χ1) is 72.7. The lowest BCUT2D eigenvalue weighted by atomic mass is 9.79. The summed E-state index contributed by atoms with van der Waals surface area (Å²) in [6.45, 7) is 14.3. The van der Waals surface area contributed by atoms with Gasteiger partial charge in [-0.05, 0) is 328 Å². The fraction of sp³-hybridized carbons (Fsp3) is 0.0612. The van der Waals surface area contributed by atoms with Crippen molar-refractivity contribution in [3.8, 4) is 122 Å². The average molecular weight is 1880 g/mol. The first kappa shape index (κ1) is 86.5. The predicted octanol–water partition coefficient (Wildman–Crippen LogP) is 41.1. The molecule has 0 amide bonds. The Hall–Kier alpha value is -18.1. The second-order valence-corrected chi connectivity index (χ2v) is 42.5. The van der Waals surface area contributed by atoms with Gasteiger partial charge in [-0.15, -0.1) is 0 Å². The van der Waals surface area contributed by atoms with Gasteiger partial charge >= 0.3 is 0 Å². The van der Waals surface area contributed by atoms with E-state index in [2.05, 4.69) is 527 Å². The largest absolute Gasteiger partial charge is 0.456 e. The average Bonchev–Trinajstić information content (AvgIpc) is 1.50. The van der Waals surface area contributed by atoms with E-state index in [4.69, 9.17) is 4.42 Å². The van der Waals surface area contributed by atoms with Gasteiger partial charge in [-0.1, -0.05) is 497 Å². The summed E-state index contributed by atoms with van der Waals surface area (Å²) in [7, 11) is 0. The summed E-state index contributed by atoms with van der Waals surface area (Å²) >= 11 is 0. The van der Waals surface area contributed by atoms with Crippen LogP contribution < -0.4 is 0 Å². The second-order valence-electron chi connectivity index (χ2n) is 42.5. The minimum atomic E-state index is -0.0898. The third-order valence-corrected chi connectivity index (χ3v) is 33.5. The van der Waals surface area contributed by atoms with Gasteiger partial charge < -0.3 is 4.42 Å². The number of benzene rings is 27. The molecule has 1 aromatic heterocycles. The van der Waals surface area contributed by atoms with Crippen LogP contribution in [0.3, 0.4) is 0 Å². The van der Waals surface area contributed by atoms with Crippen molar-refractivity contribution in [3.63, 3.8) is 0 Å². The Morgan fingerprint density at radius 1 is 0.128 bits per heavy atom. The molecule has 3 aliphatic carbocycles. The third-order valence-electron chi connectivity index (χ3n) is 33.5. The fourth-order valence-electron chi connectivity index (χ4n) is 26.9. The smallest absolute Gasteiger partial charge is 0.135 e. The van der Waals surface area contributed by atoms with Gasteiger partial charge in [0, 0.05) is 27.0 Å². The molecular weight excluding hydrogens is 1780 g/mol. The Kier molecular flexibility index (Phi) is 19.6. The van der Waals surface area contributed by atoms with Crippen molar-refractivity contribution in [3.05, 3.63) is 531 Å². The van der Waals surface area contributed by atoms with Crippen LogP contribution in [-0.2, 0) is 16.2 Å². The summed E-state index contributed by atoms with van der Waals surface area (Å²) in [6, 6.07) is 184. The van der Waals surface area contributed by atoms with E-state index < -0.39 is 0 Å². The van der Waals surface area contributed by atoms with Crippen molar-refractivity contribution < 1.29 is 4.42 Å². The molecule has 0 fully saturated rings. The van der Waals surface area contributed by atoms with Gasteiger partial charge in [0.05, 0.1) is 0 Å². The molecule has 694 valence electrons. The standard InChI is InChI=1S/C51H34O.C49H34.C47H32/c1-51(2)45-27-24-33(30-43(45)42-26-23-31-13-3-4-15-35(31)50(42)51)48-38-18-7-9-20-40(38)49(41-21-10-8-19-39(41)48)37-17-6-5-14-34(37)32-25-28-47-44(29-32)36-16-11-12-22-46(36)52-47;1-49(2)45-29-27-33(30-44(45)43-28-26-32-15-4-6-18-35(32)48(43)49)46-39-21-9-11-23-41(39)47(42-24-12-10-22-40(42)46)38-20-8-7-19-37(38)36-25-13-16-31-14-3-5-17-34(31)36;1-47(2)43-26-23-33(28-42(43)41-25-21-30-12-4-6-14-36(30)46(41)47)45-39-17-9-7-15-37(39)44(38-16-8-10-18-40(38)45)32-22-24-35-31(27-32)20-19-29-11-3-5-13-34(29)35/h3-30H,1-2H3;3-30H,1-2H3;3-28H,1-2H3. The number of furan rings is 1. The van der Waals surface area contributed by atoms with Crippen LogP contribution in [0.15, 0.2) is 502 Å². The van der Waals surface area contributed by atoms with Crippen LogP contribution in [0.5, 0.6) is 0 Å². The van der Waals surface area contributed by atoms with Crippen LogP contribution >= 0.6 is 0 Å². The van der Waals surface area contributed by atoms with E-state index >= 15 is 0 Å². The first-order valence-corrected chi connectivity index (χ1v) is 52.1. The molecule has 0 N–H and O–H groups in total. The molecule has 0 saturated carbocycles. The summed E-state index contributed by atoms with van der Waals surface area (Å²) in [4.78, 5) is 0. The maximum atomic E-state index is 6.21. The number of para-hydroxylation sites is 1. The molecule has 0 bridgehead atoms. The van der Waals surface area contributed by atoms with Gasteiger partial charge in [-0.3, -0.25) is 0 Å². The normalized spacial score (nSPS) is 13.4. The van der Waals surface area contributed by atoms with E-state index in [0.717, 1.165) is 21.9 Å². The third kappa shape index (κ3) is 13.2. The maximum absolute atomic E-state index is 6.21. The SMILES string of the molecule is CC1(C)c2ccc(-c3c4ccccc4c(-c4ccc5c(ccc6ccccc65)c4)c4ccccc34)cc2-c2ccc3ccccc3c21.CC1(C)c2ccc(-c3c4ccccc4c(-c4ccccc4-c4ccc5oc6ccccc6c5c4)c4ccccc34)cc2-c2ccc3ccccc3c21.CC1(C)c2ccc(-c3c4ccccc4c(-c4ccccc4-c4cccc5ccccc45)c4ccccc34)cc2-c2ccc3ccccc3c21. The van der Waals surface area contributed by atoms with Crippen molar-refractivity contribution in [2.45, 2.75) is 57.8 Å². The summed E-state index contributed by atoms with van der Waals surface area (Å²) in [5.41, 5.74) is 38.4. The maximum Gasteiger partial charge on any atom is 0.135 e. The highest BCUT2D eigenvalue weighted by Crippen LogP contribution is 2.60. The Bertz CT molecular complexity index is 10400. The fourth-order valence-corrected chi connectivity index (χ4v) is 26.9. The molecule has 0 atom stereocenters. The second kappa shape index (κ2) is 33.5. The highest BCUT2D eigenvalue weighted by Gasteiger charge is 2.41. The van der Waals surface area contributed by atoms with Crippen LogP contribution in [0.2, 0.25) is 0 Å². The molecule has 0 radical (unpaired) electrons. The molecule has 148 heavy (non-hydrogen) atoms. The molecule has 31 rings (SSSR count). The first-order valence-electron chi connectivity index (χ1n) is 52.1. The summed E-state index contributed by atoms with van der Waals surface area (Å²) in [5, 5.41) is 33.2. The van der Waals surface area contributed by atoms with Gasteiger partial charge in [0.15, 0.2) is 0 Å². The van der Waals surface area contributed by atoms with Crippen LogP contribution in [-0.4, -0.2) is 0 Å². The molecule has 3 aliphatic rings. The molecule has 1 heterocycles. The number of hydrogen-bond donors (Lipinski definition) is 0. The van der Waals surface area contributed by atoms with E-state index in [0.29, 0.717) is 0 Å². The molecule has 1 heteroatoms. The van der Waals surface area contributed by atoms with E-state index in [9.17, 15) is 0 Å². The Labute approximate surface area is 860 Å². The van der Waals surface area contributed by atoms with Crippen molar-refractivity contribution >= 4 is 151 Å².